The molecule has 0 aromatic heterocycles. The maximum atomic E-state index is 6.15. The number of unbranched alkanes of at least 4 members (excludes halogenated alkanes) is 3. The lowest BCUT2D eigenvalue weighted by Gasteiger charge is -2.30. The van der Waals surface area contributed by atoms with Gasteiger partial charge in [0.2, 0.25) is 0 Å². The Labute approximate surface area is 195 Å². The van der Waals surface area contributed by atoms with Crippen molar-refractivity contribution in [1.82, 2.24) is 0 Å². The Bertz CT molecular complexity index is 779. The number of ether oxygens (including phenoxy) is 2. The fraction of sp³-hybridized carbons (Fsp3) is 0.600. The molecule has 2 nitrogen and oxygen atoms in total. The first-order valence-electron chi connectivity index (χ1n) is 13.2. The molecule has 0 unspecified atom stereocenters. The predicted octanol–water partition coefficient (Wildman–Crippen LogP) is 8.46. The molecular formula is C30H42O2. The van der Waals surface area contributed by atoms with E-state index >= 15 is 0 Å². The summed E-state index contributed by atoms with van der Waals surface area (Å²) in [6, 6.07) is 18.2. The smallest absolute Gasteiger partial charge is 0.106 e. The van der Waals surface area contributed by atoms with Crippen molar-refractivity contribution in [2.45, 2.75) is 96.2 Å². The summed E-state index contributed by atoms with van der Waals surface area (Å²) >= 11 is 0. The molecule has 1 heterocycles. The zero-order chi connectivity index (χ0) is 22.2. The molecule has 2 atom stereocenters. The van der Waals surface area contributed by atoms with Gasteiger partial charge >= 0.3 is 0 Å². The largest absolute Gasteiger partial charge is 0.373 e. The van der Waals surface area contributed by atoms with Gasteiger partial charge in [-0.2, -0.15) is 0 Å². The van der Waals surface area contributed by atoms with E-state index in [1.165, 1.54) is 80.0 Å². The average molecular weight is 435 g/mol. The van der Waals surface area contributed by atoms with Crippen LogP contribution in [0.25, 0.3) is 11.1 Å². The van der Waals surface area contributed by atoms with Crippen LogP contribution >= 0.6 is 0 Å². The molecule has 0 spiro atoms. The van der Waals surface area contributed by atoms with Crippen molar-refractivity contribution < 1.29 is 9.47 Å². The minimum atomic E-state index is 0.0663. The lowest BCUT2D eigenvalue weighted by Crippen LogP contribution is -2.31. The van der Waals surface area contributed by atoms with Crippen molar-refractivity contribution >= 4 is 0 Å². The van der Waals surface area contributed by atoms with E-state index in [-0.39, 0.29) is 12.2 Å². The van der Waals surface area contributed by atoms with E-state index in [0.717, 1.165) is 24.9 Å². The molecule has 0 amide bonds. The molecule has 2 fully saturated rings. The summed E-state index contributed by atoms with van der Waals surface area (Å²) < 4.78 is 12.3. The molecule has 2 aromatic carbocycles. The van der Waals surface area contributed by atoms with Gasteiger partial charge in [-0.25, -0.2) is 0 Å². The summed E-state index contributed by atoms with van der Waals surface area (Å²) in [6.45, 7) is 5.99. The minimum Gasteiger partial charge on any atom is -0.373 e. The van der Waals surface area contributed by atoms with E-state index in [9.17, 15) is 0 Å². The highest BCUT2D eigenvalue weighted by molar-refractivity contribution is 5.64. The van der Waals surface area contributed by atoms with Crippen LogP contribution in [0.3, 0.4) is 0 Å². The molecular weight excluding hydrogens is 392 g/mol. The molecule has 1 aliphatic heterocycles. The van der Waals surface area contributed by atoms with Gasteiger partial charge in [-0.15, -0.1) is 0 Å². The SMILES string of the molecule is CCCCCC[C@@H]1CO[C@@H](c2ccc(-c3ccc(C4CCC(CC)CC4)cc3)cc2)CO1. The van der Waals surface area contributed by atoms with Crippen LogP contribution in [-0.2, 0) is 9.47 Å². The Morgan fingerprint density at radius 2 is 1.34 bits per heavy atom. The van der Waals surface area contributed by atoms with E-state index in [1.807, 2.05) is 0 Å². The fourth-order valence-corrected chi connectivity index (χ4v) is 5.44. The topological polar surface area (TPSA) is 18.5 Å². The predicted molar refractivity (Wildman–Crippen MR) is 134 cm³/mol. The van der Waals surface area contributed by atoms with Crippen LogP contribution in [0.15, 0.2) is 48.5 Å². The Morgan fingerprint density at radius 3 is 1.91 bits per heavy atom. The summed E-state index contributed by atoms with van der Waals surface area (Å²) in [7, 11) is 0. The van der Waals surface area contributed by atoms with Crippen LogP contribution < -0.4 is 0 Å². The molecule has 1 saturated heterocycles. The molecule has 0 bridgehead atoms. The third-order valence-corrected chi connectivity index (χ3v) is 7.77. The lowest BCUT2D eigenvalue weighted by molar-refractivity contribution is -0.137. The van der Waals surface area contributed by atoms with Crippen LogP contribution in [0.2, 0.25) is 0 Å². The molecule has 0 N–H and O–H groups in total. The summed E-state index contributed by atoms with van der Waals surface area (Å²) in [5.74, 6) is 1.72. The Morgan fingerprint density at radius 1 is 0.688 bits per heavy atom. The van der Waals surface area contributed by atoms with Crippen molar-refractivity contribution in [3.05, 3.63) is 59.7 Å². The third kappa shape index (κ3) is 6.23. The first kappa shape index (κ1) is 23.5. The van der Waals surface area contributed by atoms with Gasteiger partial charge in [-0.3, -0.25) is 0 Å². The van der Waals surface area contributed by atoms with Crippen LogP contribution in [0.4, 0.5) is 0 Å². The molecule has 32 heavy (non-hydrogen) atoms. The molecule has 0 radical (unpaired) electrons. The Kier molecular flexibility index (Phi) is 8.82. The van der Waals surface area contributed by atoms with Gasteiger partial charge in [0.05, 0.1) is 19.3 Å². The van der Waals surface area contributed by atoms with Crippen molar-refractivity contribution in [2.24, 2.45) is 5.92 Å². The Hall–Kier alpha value is -1.64. The molecule has 1 aliphatic carbocycles. The van der Waals surface area contributed by atoms with Gasteiger partial charge in [0, 0.05) is 0 Å². The van der Waals surface area contributed by atoms with Crippen LogP contribution in [0.1, 0.15) is 101 Å². The maximum absolute atomic E-state index is 6.15. The monoisotopic (exact) mass is 434 g/mol. The highest BCUT2D eigenvalue weighted by Crippen LogP contribution is 2.37. The van der Waals surface area contributed by atoms with Gasteiger partial charge < -0.3 is 9.47 Å². The van der Waals surface area contributed by atoms with Gasteiger partial charge in [0.25, 0.3) is 0 Å². The average Bonchev–Trinajstić information content (AvgIpc) is 2.87. The van der Waals surface area contributed by atoms with Gasteiger partial charge in [-0.05, 0) is 66.2 Å². The minimum absolute atomic E-state index is 0.0663. The highest BCUT2D eigenvalue weighted by Gasteiger charge is 2.23. The molecule has 2 aromatic rings. The molecule has 174 valence electrons. The fourth-order valence-electron chi connectivity index (χ4n) is 5.44. The van der Waals surface area contributed by atoms with Crippen LogP contribution in [-0.4, -0.2) is 19.3 Å². The van der Waals surface area contributed by atoms with Gasteiger partial charge in [0.15, 0.2) is 0 Å². The van der Waals surface area contributed by atoms with E-state index in [1.54, 1.807) is 0 Å². The second kappa shape index (κ2) is 12.0. The van der Waals surface area contributed by atoms with Crippen LogP contribution in [0.5, 0.6) is 0 Å². The first-order valence-corrected chi connectivity index (χ1v) is 13.2. The summed E-state index contributed by atoms with van der Waals surface area (Å²) in [6.07, 6.45) is 13.5. The maximum Gasteiger partial charge on any atom is 0.106 e. The third-order valence-electron chi connectivity index (χ3n) is 7.77. The van der Waals surface area contributed by atoms with Gasteiger partial charge in [0.1, 0.15) is 6.10 Å². The van der Waals surface area contributed by atoms with E-state index in [2.05, 4.69) is 62.4 Å². The van der Waals surface area contributed by atoms with Crippen molar-refractivity contribution in [2.75, 3.05) is 13.2 Å². The van der Waals surface area contributed by atoms with Crippen molar-refractivity contribution in [3.63, 3.8) is 0 Å². The van der Waals surface area contributed by atoms with Crippen molar-refractivity contribution in [3.8, 4) is 11.1 Å². The second-order valence-corrected chi connectivity index (χ2v) is 10.00. The number of benzene rings is 2. The standard InChI is InChI=1S/C30H42O2/c1-3-5-6-7-8-29-21-32-30(22-31-29)28-19-17-27(18-20-28)26-15-13-25(14-16-26)24-11-9-23(4-2)10-12-24/h13-20,23-24,29-30H,3-12,21-22H2,1-2H3/t23?,24?,29-,30-/m1/s1. The van der Waals surface area contributed by atoms with E-state index in [0.29, 0.717) is 6.61 Å². The summed E-state index contributed by atoms with van der Waals surface area (Å²) in [5.41, 5.74) is 5.33. The number of rotatable bonds is 9. The molecule has 1 saturated carbocycles. The van der Waals surface area contributed by atoms with Crippen molar-refractivity contribution in [1.29, 1.82) is 0 Å². The van der Waals surface area contributed by atoms with E-state index in [4.69, 9.17) is 9.47 Å². The zero-order valence-corrected chi connectivity index (χ0v) is 20.2. The van der Waals surface area contributed by atoms with Gasteiger partial charge in [-0.1, -0.05) is 94.5 Å². The van der Waals surface area contributed by atoms with Crippen LogP contribution in [0, 0.1) is 5.92 Å². The summed E-state index contributed by atoms with van der Waals surface area (Å²) in [5, 5.41) is 0. The number of hydrogen-bond acceptors (Lipinski definition) is 2. The molecule has 2 aliphatic rings. The second-order valence-electron chi connectivity index (χ2n) is 10.00. The quantitative estimate of drug-likeness (QED) is 0.368. The molecule has 4 rings (SSSR count). The summed E-state index contributed by atoms with van der Waals surface area (Å²) in [4.78, 5) is 0. The Balaban J connectivity index is 1.28. The first-order chi connectivity index (χ1) is 15.8. The highest BCUT2D eigenvalue weighted by atomic mass is 16.6. The zero-order valence-electron chi connectivity index (χ0n) is 20.2. The normalized spacial score (nSPS) is 26.2. The molecule has 2 heteroatoms. The number of hydrogen-bond donors (Lipinski definition) is 0. The van der Waals surface area contributed by atoms with E-state index < -0.39 is 0 Å². The lowest BCUT2D eigenvalue weighted by atomic mass is 9.77.